The number of carbonyl (C=O) groups excluding carboxylic acids is 1. The van der Waals surface area contributed by atoms with Crippen molar-refractivity contribution in [2.24, 2.45) is 5.92 Å². The Labute approximate surface area is 138 Å². The molecule has 3 aromatic heterocycles. The molecular formula is C19H16N4O. The van der Waals surface area contributed by atoms with E-state index in [9.17, 15) is 4.79 Å². The van der Waals surface area contributed by atoms with Crippen molar-refractivity contribution >= 4 is 22.3 Å². The Hall–Kier alpha value is -2.95. The molecule has 0 atom stereocenters. The van der Waals surface area contributed by atoms with Gasteiger partial charge in [-0.1, -0.05) is 12.1 Å². The van der Waals surface area contributed by atoms with Gasteiger partial charge in [0.05, 0.1) is 12.1 Å². The molecular weight excluding hydrogens is 300 g/mol. The molecule has 0 saturated heterocycles. The maximum absolute atomic E-state index is 12.0. The number of hydrogen-bond acceptors (Lipinski definition) is 3. The highest BCUT2D eigenvalue weighted by Crippen LogP contribution is 2.31. The Morgan fingerprint density at radius 3 is 3.00 bits per heavy atom. The fourth-order valence-corrected chi connectivity index (χ4v) is 3.16. The van der Waals surface area contributed by atoms with Crippen LogP contribution in [0.1, 0.15) is 18.7 Å². The fourth-order valence-electron chi connectivity index (χ4n) is 3.16. The number of H-pyrrole nitrogens is 1. The normalized spacial score (nSPS) is 14.5. The Kier molecular flexibility index (Phi) is 2.82. The monoisotopic (exact) mass is 316 g/mol. The molecule has 0 bridgehead atoms. The predicted octanol–water partition coefficient (Wildman–Crippen LogP) is 3.40. The Balaban J connectivity index is 1.59. The van der Waals surface area contributed by atoms with Gasteiger partial charge in [-0.2, -0.15) is 5.10 Å². The van der Waals surface area contributed by atoms with Crippen LogP contribution in [0.25, 0.3) is 27.8 Å². The van der Waals surface area contributed by atoms with E-state index < -0.39 is 0 Å². The SMILES string of the molecule is O=C(Cc1nc2cccc(-c3ccc4[nH]ccc4c3)n2n1)C1CC1. The fraction of sp³-hybridized carbons (Fsp3) is 0.211. The van der Waals surface area contributed by atoms with Crippen molar-refractivity contribution in [1.82, 2.24) is 19.6 Å². The van der Waals surface area contributed by atoms with Crippen LogP contribution >= 0.6 is 0 Å². The van der Waals surface area contributed by atoms with Gasteiger partial charge in [-0.15, -0.1) is 0 Å². The van der Waals surface area contributed by atoms with E-state index in [2.05, 4.69) is 39.3 Å². The summed E-state index contributed by atoms with van der Waals surface area (Å²) in [6.45, 7) is 0. The molecule has 0 aliphatic heterocycles. The number of rotatable bonds is 4. The third-order valence-corrected chi connectivity index (χ3v) is 4.62. The first-order chi connectivity index (χ1) is 11.8. The summed E-state index contributed by atoms with van der Waals surface area (Å²) in [5, 5.41) is 5.74. The van der Waals surface area contributed by atoms with Crippen LogP contribution in [0, 0.1) is 5.92 Å². The summed E-state index contributed by atoms with van der Waals surface area (Å²) < 4.78 is 1.84. The van der Waals surface area contributed by atoms with E-state index in [1.54, 1.807) is 0 Å². The van der Waals surface area contributed by atoms with E-state index in [1.807, 2.05) is 28.9 Å². The number of hydrogen-bond donors (Lipinski definition) is 1. The number of carbonyl (C=O) groups is 1. The molecule has 1 aliphatic carbocycles. The molecule has 5 heteroatoms. The standard InChI is InChI=1S/C19H16N4O/c24-17(12-4-5-12)11-18-21-19-3-1-2-16(23(19)22-18)14-6-7-15-13(10-14)8-9-20-15/h1-3,6-10,12,20H,4-5,11H2. The summed E-state index contributed by atoms with van der Waals surface area (Å²) in [4.78, 5) is 19.8. The highest BCUT2D eigenvalue weighted by Gasteiger charge is 2.30. The quantitative estimate of drug-likeness (QED) is 0.627. The van der Waals surface area contributed by atoms with E-state index in [0.717, 1.165) is 40.6 Å². The summed E-state index contributed by atoms with van der Waals surface area (Å²) in [6.07, 6.45) is 4.32. The molecule has 1 saturated carbocycles. The predicted molar refractivity (Wildman–Crippen MR) is 91.7 cm³/mol. The summed E-state index contributed by atoms with van der Waals surface area (Å²) >= 11 is 0. The highest BCUT2D eigenvalue weighted by atomic mass is 16.1. The van der Waals surface area contributed by atoms with E-state index in [4.69, 9.17) is 0 Å². The average molecular weight is 316 g/mol. The van der Waals surface area contributed by atoms with E-state index in [-0.39, 0.29) is 11.7 Å². The number of nitrogens with zero attached hydrogens (tertiary/aromatic N) is 3. The molecule has 24 heavy (non-hydrogen) atoms. The van der Waals surface area contributed by atoms with Crippen molar-refractivity contribution in [3.63, 3.8) is 0 Å². The lowest BCUT2D eigenvalue weighted by molar-refractivity contribution is -0.119. The van der Waals surface area contributed by atoms with Crippen LogP contribution in [0.4, 0.5) is 0 Å². The van der Waals surface area contributed by atoms with Gasteiger partial charge in [0.1, 0.15) is 5.78 Å². The summed E-state index contributed by atoms with van der Waals surface area (Å²) in [7, 11) is 0. The second-order valence-corrected chi connectivity index (χ2v) is 6.41. The van der Waals surface area contributed by atoms with Gasteiger partial charge >= 0.3 is 0 Å². The van der Waals surface area contributed by atoms with Gasteiger partial charge in [0.25, 0.3) is 0 Å². The summed E-state index contributed by atoms with van der Waals surface area (Å²) in [5.74, 6) is 1.12. The first-order valence-electron chi connectivity index (χ1n) is 8.23. The average Bonchev–Trinajstić information content (AvgIpc) is 3.20. The maximum Gasteiger partial charge on any atom is 0.159 e. The van der Waals surface area contributed by atoms with Gasteiger partial charge < -0.3 is 4.98 Å². The van der Waals surface area contributed by atoms with Gasteiger partial charge in [-0.05, 0) is 43.2 Å². The Morgan fingerprint density at radius 2 is 2.12 bits per heavy atom. The van der Waals surface area contributed by atoms with Crippen molar-refractivity contribution in [2.45, 2.75) is 19.3 Å². The van der Waals surface area contributed by atoms with Crippen molar-refractivity contribution in [1.29, 1.82) is 0 Å². The molecule has 0 radical (unpaired) electrons. The minimum Gasteiger partial charge on any atom is -0.361 e. The summed E-state index contributed by atoms with van der Waals surface area (Å²) in [6, 6.07) is 14.3. The molecule has 5 rings (SSSR count). The smallest absolute Gasteiger partial charge is 0.159 e. The number of fused-ring (bicyclic) bond motifs is 2. The molecule has 1 aliphatic rings. The lowest BCUT2D eigenvalue weighted by Crippen LogP contribution is -2.06. The van der Waals surface area contributed by atoms with Gasteiger partial charge in [0, 0.05) is 28.6 Å². The molecule has 4 aromatic rings. The van der Waals surface area contributed by atoms with Crippen LogP contribution in [0.15, 0.2) is 48.7 Å². The van der Waals surface area contributed by atoms with E-state index >= 15 is 0 Å². The van der Waals surface area contributed by atoms with E-state index in [0.29, 0.717) is 12.2 Å². The number of benzene rings is 1. The third-order valence-electron chi connectivity index (χ3n) is 4.62. The molecule has 1 fully saturated rings. The Bertz CT molecular complexity index is 1070. The van der Waals surface area contributed by atoms with Crippen molar-refractivity contribution in [3.8, 4) is 11.3 Å². The van der Waals surface area contributed by atoms with E-state index in [1.165, 1.54) is 0 Å². The van der Waals surface area contributed by atoms with Crippen molar-refractivity contribution < 1.29 is 4.79 Å². The second kappa shape index (κ2) is 5.03. The second-order valence-electron chi connectivity index (χ2n) is 6.41. The lowest BCUT2D eigenvalue weighted by atomic mass is 10.1. The van der Waals surface area contributed by atoms with Gasteiger partial charge in [0.2, 0.25) is 0 Å². The first-order valence-corrected chi connectivity index (χ1v) is 8.23. The van der Waals surface area contributed by atoms with Crippen molar-refractivity contribution in [3.05, 3.63) is 54.5 Å². The number of ketones is 1. The number of aromatic nitrogens is 4. The van der Waals surface area contributed by atoms with Gasteiger partial charge in [-0.3, -0.25) is 4.79 Å². The lowest BCUT2D eigenvalue weighted by Gasteiger charge is -2.04. The molecule has 0 unspecified atom stereocenters. The molecule has 118 valence electrons. The van der Waals surface area contributed by atoms with Crippen LogP contribution in [0.2, 0.25) is 0 Å². The largest absolute Gasteiger partial charge is 0.361 e. The Morgan fingerprint density at radius 1 is 1.21 bits per heavy atom. The number of pyridine rings is 1. The molecule has 1 aromatic carbocycles. The van der Waals surface area contributed by atoms with Crippen molar-refractivity contribution in [2.75, 3.05) is 0 Å². The zero-order chi connectivity index (χ0) is 16.1. The summed E-state index contributed by atoms with van der Waals surface area (Å²) in [5.41, 5.74) is 3.95. The molecule has 0 amide bonds. The molecule has 0 spiro atoms. The molecule has 1 N–H and O–H groups in total. The zero-order valence-electron chi connectivity index (χ0n) is 13.1. The maximum atomic E-state index is 12.0. The number of Topliss-reactive ketones (excluding diaryl/α,β-unsaturated/α-hetero) is 1. The van der Waals surface area contributed by atoms with Crippen LogP contribution in [-0.2, 0) is 11.2 Å². The molecule has 5 nitrogen and oxygen atoms in total. The van der Waals surface area contributed by atoms with Gasteiger partial charge in [-0.25, -0.2) is 9.50 Å². The van der Waals surface area contributed by atoms with Crippen LogP contribution in [0.3, 0.4) is 0 Å². The highest BCUT2D eigenvalue weighted by molar-refractivity contribution is 5.85. The first kappa shape index (κ1) is 13.5. The topological polar surface area (TPSA) is 63.0 Å². The van der Waals surface area contributed by atoms with Gasteiger partial charge in [0.15, 0.2) is 11.5 Å². The molecule has 3 heterocycles. The zero-order valence-corrected chi connectivity index (χ0v) is 13.1. The van der Waals surface area contributed by atoms with Crippen LogP contribution in [0.5, 0.6) is 0 Å². The number of aromatic amines is 1. The minimum absolute atomic E-state index is 0.243. The number of nitrogens with one attached hydrogen (secondary N) is 1. The minimum atomic E-state index is 0.243. The van der Waals surface area contributed by atoms with Crippen LogP contribution in [-0.4, -0.2) is 25.4 Å². The van der Waals surface area contributed by atoms with Crippen LogP contribution < -0.4 is 0 Å². The third kappa shape index (κ3) is 2.21.